The molecule has 0 spiro atoms. The van der Waals surface area contributed by atoms with E-state index in [0.717, 1.165) is 0 Å². The van der Waals surface area contributed by atoms with Crippen molar-refractivity contribution in [3.63, 3.8) is 0 Å². The predicted octanol–water partition coefficient (Wildman–Crippen LogP) is 2.62. The van der Waals surface area contributed by atoms with Gasteiger partial charge in [0.2, 0.25) is 10.0 Å². The van der Waals surface area contributed by atoms with Gasteiger partial charge in [0.05, 0.1) is 30.9 Å². The number of rotatable bonds is 5. The average molecular weight is 411 g/mol. The SMILES string of the molecule is COc1ccc(NC(=O)c2ccccc2Cl)cc1S(=O)(=O)N1CCOCC1. The number of methoxy groups -OCH3 is 1. The lowest BCUT2D eigenvalue weighted by Gasteiger charge is -2.26. The molecule has 0 bridgehead atoms. The fraction of sp³-hybridized carbons (Fsp3) is 0.278. The molecule has 1 heterocycles. The molecular formula is C18H19ClN2O5S. The van der Waals surface area contributed by atoms with Crippen LogP contribution in [0.2, 0.25) is 5.02 Å². The molecule has 1 N–H and O–H groups in total. The summed E-state index contributed by atoms with van der Waals surface area (Å²) in [5.74, 6) is -0.224. The number of benzene rings is 2. The fourth-order valence-electron chi connectivity index (χ4n) is 2.73. The number of carbonyl (C=O) groups excluding carboxylic acids is 1. The van der Waals surface area contributed by atoms with Crippen LogP contribution in [0.5, 0.6) is 5.75 Å². The lowest BCUT2D eigenvalue weighted by atomic mass is 10.2. The normalized spacial score (nSPS) is 15.3. The number of hydrogen-bond donors (Lipinski definition) is 1. The maximum atomic E-state index is 13.0. The van der Waals surface area contributed by atoms with Crippen LogP contribution in [0.1, 0.15) is 10.4 Å². The highest BCUT2D eigenvalue weighted by Crippen LogP contribution is 2.30. The maximum absolute atomic E-state index is 13.0. The molecule has 144 valence electrons. The Hall–Kier alpha value is -2.13. The molecule has 0 unspecified atom stereocenters. The summed E-state index contributed by atoms with van der Waals surface area (Å²) in [4.78, 5) is 12.4. The average Bonchev–Trinajstić information content (AvgIpc) is 2.69. The van der Waals surface area contributed by atoms with Crippen LogP contribution in [0, 0.1) is 0 Å². The van der Waals surface area contributed by atoms with Crippen LogP contribution in [0.15, 0.2) is 47.4 Å². The molecule has 1 aliphatic heterocycles. The lowest BCUT2D eigenvalue weighted by Crippen LogP contribution is -2.40. The zero-order valence-electron chi connectivity index (χ0n) is 14.6. The van der Waals surface area contributed by atoms with E-state index in [0.29, 0.717) is 29.5 Å². The molecule has 0 aromatic heterocycles. The van der Waals surface area contributed by atoms with Gasteiger partial charge >= 0.3 is 0 Å². The number of nitrogens with zero attached hydrogens (tertiary/aromatic N) is 1. The van der Waals surface area contributed by atoms with Crippen LogP contribution in [-0.2, 0) is 14.8 Å². The number of amides is 1. The quantitative estimate of drug-likeness (QED) is 0.819. The monoisotopic (exact) mass is 410 g/mol. The first kappa shape index (κ1) is 19.6. The van der Waals surface area contributed by atoms with E-state index in [-0.39, 0.29) is 23.7 Å². The summed E-state index contributed by atoms with van der Waals surface area (Å²) in [6.45, 7) is 1.21. The molecule has 9 heteroatoms. The minimum absolute atomic E-state index is 0.0103. The Morgan fingerprint density at radius 2 is 1.89 bits per heavy atom. The Labute approximate surface area is 162 Å². The Kier molecular flexibility index (Phi) is 6.01. The van der Waals surface area contributed by atoms with Gasteiger partial charge < -0.3 is 14.8 Å². The molecule has 3 rings (SSSR count). The Morgan fingerprint density at radius 3 is 2.56 bits per heavy atom. The smallest absolute Gasteiger partial charge is 0.257 e. The van der Waals surface area contributed by atoms with E-state index in [4.69, 9.17) is 21.1 Å². The van der Waals surface area contributed by atoms with Gasteiger partial charge in [0.25, 0.3) is 5.91 Å². The Bertz CT molecular complexity index is 943. The highest BCUT2D eigenvalue weighted by molar-refractivity contribution is 7.89. The summed E-state index contributed by atoms with van der Waals surface area (Å²) in [5, 5.41) is 2.99. The van der Waals surface area contributed by atoms with Crippen molar-refractivity contribution in [1.29, 1.82) is 0 Å². The van der Waals surface area contributed by atoms with Crippen LogP contribution >= 0.6 is 11.6 Å². The molecule has 0 saturated carbocycles. The summed E-state index contributed by atoms with van der Waals surface area (Å²) in [6, 6.07) is 11.1. The van der Waals surface area contributed by atoms with Crippen molar-refractivity contribution in [2.24, 2.45) is 0 Å². The first-order valence-corrected chi connectivity index (χ1v) is 10.1. The van der Waals surface area contributed by atoms with Crippen LogP contribution in [0.25, 0.3) is 0 Å². The second-order valence-electron chi connectivity index (χ2n) is 5.82. The van der Waals surface area contributed by atoms with Gasteiger partial charge in [0.15, 0.2) is 0 Å². The van der Waals surface area contributed by atoms with E-state index in [9.17, 15) is 13.2 Å². The number of carbonyl (C=O) groups is 1. The molecule has 1 amide bonds. The number of ether oxygens (including phenoxy) is 2. The van der Waals surface area contributed by atoms with Crippen molar-refractivity contribution in [3.8, 4) is 5.75 Å². The molecule has 27 heavy (non-hydrogen) atoms. The maximum Gasteiger partial charge on any atom is 0.257 e. The van der Waals surface area contributed by atoms with Crippen molar-refractivity contribution >= 4 is 33.2 Å². The molecule has 0 atom stereocenters. The molecule has 2 aromatic rings. The van der Waals surface area contributed by atoms with Gasteiger partial charge in [0, 0.05) is 18.8 Å². The summed E-state index contributed by atoms with van der Waals surface area (Å²) in [5.41, 5.74) is 0.625. The number of morpholine rings is 1. The molecule has 2 aromatic carbocycles. The number of halogens is 1. The van der Waals surface area contributed by atoms with E-state index < -0.39 is 15.9 Å². The number of anilines is 1. The van der Waals surface area contributed by atoms with Gasteiger partial charge in [-0.2, -0.15) is 4.31 Å². The topological polar surface area (TPSA) is 84.9 Å². The summed E-state index contributed by atoms with van der Waals surface area (Å²) in [6.07, 6.45) is 0. The van der Waals surface area contributed by atoms with Gasteiger partial charge in [-0.1, -0.05) is 23.7 Å². The van der Waals surface area contributed by atoms with Crippen molar-refractivity contribution in [1.82, 2.24) is 4.31 Å². The highest BCUT2D eigenvalue weighted by atomic mass is 35.5. The lowest BCUT2D eigenvalue weighted by molar-refractivity contribution is 0.0729. The molecular weight excluding hydrogens is 392 g/mol. The van der Waals surface area contributed by atoms with Crippen molar-refractivity contribution < 1.29 is 22.7 Å². The molecule has 0 aliphatic carbocycles. The second kappa shape index (κ2) is 8.26. The van der Waals surface area contributed by atoms with Gasteiger partial charge in [-0.25, -0.2) is 8.42 Å². The van der Waals surface area contributed by atoms with Crippen molar-refractivity contribution in [3.05, 3.63) is 53.1 Å². The minimum atomic E-state index is -3.78. The number of nitrogens with one attached hydrogen (secondary N) is 1. The summed E-state index contributed by atoms with van der Waals surface area (Å²) < 4.78 is 37.7. The van der Waals surface area contributed by atoms with E-state index in [2.05, 4.69) is 5.32 Å². The van der Waals surface area contributed by atoms with Crippen LogP contribution in [0.3, 0.4) is 0 Å². The van der Waals surface area contributed by atoms with Gasteiger partial charge in [0.1, 0.15) is 10.6 Å². The number of sulfonamides is 1. The third-order valence-electron chi connectivity index (χ3n) is 4.13. The van der Waals surface area contributed by atoms with Gasteiger partial charge in [-0.3, -0.25) is 4.79 Å². The second-order valence-corrected chi connectivity index (χ2v) is 8.13. The largest absolute Gasteiger partial charge is 0.495 e. The van der Waals surface area contributed by atoms with E-state index >= 15 is 0 Å². The standard InChI is InChI=1S/C18H19ClN2O5S/c1-25-16-7-6-13(20-18(22)14-4-2-3-5-15(14)19)12-17(16)27(23,24)21-8-10-26-11-9-21/h2-7,12H,8-11H2,1H3,(H,20,22). The van der Waals surface area contributed by atoms with Crippen LogP contribution < -0.4 is 10.1 Å². The number of hydrogen-bond acceptors (Lipinski definition) is 5. The highest BCUT2D eigenvalue weighted by Gasteiger charge is 2.29. The van der Waals surface area contributed by atoms with Gasteiger partial charge in [-0.05, 0) is 30.3 Å². The zero-order chi connectivity index (χ0) is 19.4. The summed E-state index contributed by atoms with van der Waals surface area (Å²) >= 11 is 6.04. The van der Waals surface area contributed by atoms with E-state index in [1.54, 1.807) is 30.3 Å². The van der Waals surface area contributed by atoms with E-state index in [1.807, 2.05) is 0 Å². The Morgan fingerprint density at radius 1 is 1.19 bits per heavy atom. The van der Waals surface area contributed by atoms with E-state index in [1.165, 1.54) is 23.5 Å². The fourth-order valence-corrected chi connectivity index (χ4v) is 4.54. The first-order valence-electron chi connectivity index (χ1n) is 8.25. The third-order valence-corrected chi connectivity index (χ3v) is 6.38. The molecule has 1 saturated heterocycles. The van der Waals surface area contributed by atoms with Crippen LogP contribution in [0.4, 0.5) is 5.69 Å². The first-order chi connectivity index (χ1) is 12.9. The molecule has 1 fully saturated rings. The van der Waals surface area contributed by atoms with Crippen molar-refractivity contribution in [2.45, 2.75) is 4.90 Å². The molecule has 7 nitrogen and oxygen atoms in total. The third kappa shape index (κ3) is 4.24. The predicted molar refractivity (Wildman–Crippen MR) is 102 cm³/mol. The summed E-state index contributed by atoms with van der Waals surface area (Å²) in [7, 11) is -2.39. The molecule has 0 radical (unpaired) electrons. The minimum Gasteiger partial charge on any atom is -0.495 e. The van der Waals surface area contributed by atoms with Crippen molar-refractivity contribution in [2.75, 3.05) is 38.7 Å². The van der Waals surface area contributed by atoms with Gasteiger partial charge in [-0.15, -0.1) is 0 Å². The zero-order valence-corrected chi connectivity index (χ0v) is 16.2. The Balaban J connectivity index is 1.92. The van der Waals surface area contributed by atoms with Crippen LogP contribution in [-0.4, -0.2) is 52.0 Å². The molecule has 1 aliphatic rings.